The molecule has 2 fully saturated rings. The summed E-state index contributed by atoms with van der Waals surface area (Å²) in [5, 5.41) is 2.88. The van der Waals surface area contributed by atoms with E-state index in [9.17, 15) is 9.59 Å². The molecule has 6 heteroatoms. The lowest BCUT2D eigenvalue weighted by Crippen LogP contribution is -2.52. The molecular weight excluding hydrogens is 316 g/mol. The van der Waals surface area contributed by atoms with Gasteiger partial charge in [0.05, 0.1) is 0 Å². The monoisotopic (exact) mass is 344 g/mol. The first-order valence-electron chi connectivity index (χ1n) is 9.04. The molecule has 2 unspecified atom stereocenters. The van der Waals surface area contributed by atoms with Crippen molar-refractivity contribution in [2.75, 3.05) is 32.7 Å². The third kappa shape index (κ3) is 4.00. The van der Waals surface area contributed by atoms with Gasteiger partial charge in [-0.1, -0.05) is 20.8 Å². The first kappa shape index (κ1) is 17.9. The van der Waals surface area contributed by atoms with Gasteiger partial charge >= 0.3 is 0 Å². The predicted octanol–water partition coefficient (Wildman–Crippen LogP) is 1.13. The van der Waals surface area contributed by atoms with Crippen LogP contribution in [0.3, 0.4) is 0 Å². The van der Waals surface area contributed by atoms with E-state index in [4.69, 9.17) is 0 Å². The van der Waals surface area contributed by atoms with E-state index >= 15 is 0 Å². The highest BCUT2D eigenvalue weighted by molar-refractivity contribution is 6.02. The Balaban J connectivity index is 1.58. The predicted molar refractivity (Wildman–Crippen MR) is 95.5 cm³/mol. The van der Waals surface area contributed by atoms with Gasteiger partial charge < -0.3 is 10.2 Å². The van der Waals surface area contributed by atoms with Crippen LogP contribution in [0.2, 0.25) is 0 Å². The summed E-state index contributed by atoms with van der Waals surface area (Å²) < 4.78 is 0. The summed E-state index contributed by atoms with van der Waals surface area (Å²) in [5.74, 6) is -0.586. The molecular formula is C19H28N4O2. The van der Waals surface area contributed by atoms with Gasteiger partial charge in [0.1, 0.15) is 5.92 Å². The summed E-state index contributed by atoms with van der Waals surface area (Å²) in [6.45, 7) is 10.8. The number of piperazine rings is 1. The van der Waals surface area contributed by atoms with Gasteiger partial charge in [-0.25, -0.2) is 0 Å². The van der Waals surface area contributed by atoms with Gasteiger partial charge in [0.2, 0.25) is 11.8 Å². The largest absolute Gasteiger partial charge is 0.355 e. The molecule has 0 spiro atoms. The highest BCUT2D eigenvalue weighted by atomic mass is 16.2. The van der Waals surface area contributed by atoms with Crippen LogP contribution in [0.25, 0.3) is 0 Å². The first-order chi connectivity index (χ1) is 11.9. The Kier molecular flexibility index (Phi) is 5.08. The minimum Gasteiger partial charge on any atom is -0.355 e. The van der Waals surface area contributed by atoms with Crippen LogP contribution < -0.4 is 5.32 Å². The maximum atomic E-state index is 13.0. The molecule has 1 aromatic rings. The molecule has 1 aromatic heterocycles. The van der Waals surface area contributed by atoms with Gasteiger partial charge in [-0.2, -0.15) is 0 Å². The summed E-state index contributed by atoms with van der Waals surface area (Å²) in [7, 11) is 0. The Labute approximate surface area is 149 Å². The molecule has 0 radical (unpaired) electrons. The number of hydrogen-bond acceptors (Lipinski definition) is 4. The lowest BCUT2D eigenvalue weighted by atomic mass is 9.74. The summed E-state index contributed by atoms with van der Waals surface area (Å²) in [4.78, 5) is 33.5. The standard InChI is InChI=1S/C19H28N4O2/c1-19(2,3)15-12-21-17(24)16(15)18(25)23-10-8-22(9-11-23)13-14-4-6-20-7-5-14/h4-7,15-16H,8-13H2,1-3H3,(H,21,24). The van der Waals surface area contributed by atoms with Crippen LogP contribution in [0.15, 0.2) is 24.5 Å². The molecule has 6 nitrogen and oxygen atoms in total. The van der Waals surface area contributed by atoms with E-state index in [0.717, 1.165) is 19.6 Å². The smallest absolute Gasteiger partial charge is 0.235 e. The Morgan fingerprint density at radius 3 is 2.44 bits per heavy atom. The zero-order valence-electron chi connectivity index (χ0n) is 15.4. The second kappa shape index (κ2) is 7.12. The van der Waals surface area contributed by atoms with Crippen LogP contribution >= 0.6 is 0 Å². The van der Waals surface area contributed by atoms with Gasteiger partial charge in [0, 0.05) is 57.6 Å². The van der Waals surface area contributed by atoms with Crippen LogP contribution in [0, 0.1) is 17.3 Å². The van der Waals surface area contributed by atoms with Crippen molar-refractivity contribution in [3.63, 3.8) is 0 Å². The van der Waals surface area contributed by atoms with Crippen molar-refractivity contribution in [3.8, 4) is 0 Å². The SMILES string of the molecule is CC(C)(C)C1CNC(=O)C1C(=O)N1CCN(Cc2ccncc2)CC1. The van der Waals surface area contributed by atoms with Crippen molar-refractivity contribution in [2.24, 2.45) is 17.3 Å². The van der Waals surface area contributed by atoms with E-state index in [0.29, 0.717) is 19.6 Å². The van der Waals surface area contributed by atoms with Gasteiger partial charge in [-0.05, 0) is 23.1 Å². The molecule has 136 valence electrons. The summed E-state index contributed by atoms with van der Waals surface area (Å²) in [6, 6.07) is 4.04. The van der Waals surface area contributed by atoms with Crippen LogP contribution in [0.1, 0.15) is 26.3 Å². The Morgan fingerprint density at radius 1 is 1.20 bits per heavy atom. The molecule has 25 heavy (non-hydrogen) atoms. The second-order valence-electron chi connectivity index (χ2n) is 8.15. The number of pyridine rings is 1. The fraction of sp³-hybridized carbons (Fsp3) is 0.632. The molecule has 2 aliphatic heterocycles. The number of hydrogen-bond donors (Lipinski definition) is 1. The minimum absolute atomic E-state index is 0.00140. The van der Waals surface area contributed by atoms with Crippen LogP contribution in [0.5, 0.6) is 0 Å². The number of rotatable bonds is 3. The molecule has 2 amide bonds. The maximum Gasteiger partial charge on any atom is 0.235 e. The highest BCUT2D eigenvalue weighted by Gasteiger charge is 2.47. The molecule has 0 saturated carbocycles. The van der Waals surface area contributed by atoms with Crippen LogP contribution in [0.4, 0.5) is 0 Å². The maximum absolute atomic E-state index is 13.0. The average molecular weight is 344 g/mol. The lowest BCUT2D eigenvalue weighted by Gasteiger charge is -2.37. The fourth-order valence-electron chi connectivity index (χ4n) is 3.78. The molecule has 1 N–H and O–H groups in total. The fourth-order valence-corrected chi connectivity index (χ4v) is 3.78. The quantitative estimate of drug-likeness (QED) is 0.835. The van der Waals surface area contributed by atoms with Crippen molar-refractivity contribution in [3.05, 3.63) is 30.1 Å². The molecule has 0 aromatic carbocycles. The van der Waals surface area contributed by atoms with Crippen molar-refractivity contribution in [2.45, 2.75) is 27.3 Å². The molecule has 0 bridgehead atoms. The second-order valence-corrected chi connectivity index (χ2v) is 8.15. The number of carbonyl (C=O) groups is 2. The van der Waals surface area contributed by atoms with E-state index < -0.39 is 5.92 Å². The van der Waals surface area contributed by atoms with Gasteiger partial charge in [-0.15, -0.1) is 0 Å². The minimum atomic E-state index is -0.535. The van der Waals surface area contributed by atoms with E-state index in [1.807, 2.05) is 17.0 Å². The third-order valence-electron chi connectivity index (χ3n) is 5.40. The number of nitrogens with zero attached hydrogens (tertiary/aromatic N) is 3. The van der Waals surface area contributed by atoms with Crippen molar-refractivity contribution in [1.29, 1.82) is 0 Å². The zero-order valence-corrected chi connectivity index (χ0v) is 15.4. The molecule has 3 heterocycles. The zero-order chi connectivity index (χ0) is 18.0. The van der Waals surface area contributed by atoms with Gasteiger partial charge in [0.15, 0.2) is 0 Å². The Hall–Kier alpha value is -1.95. The molecule has 2 atom stereocenters. The van der Waals surface area contributed by atoms with E-state index in [1.54, 1.807) is 12.4 Å². The normalized spacial score (nSPS) is 25.1. The summed E-state index contributed by atoms with van der Waals surface area (Å²) in [5.41, 5.74) is 1.17. The Bertz CT molecular complexity index is 618. The number of aromatic nitrogens is 1. The van der Waals surface area contributed by atoms with Gasteiger partial charge in [-0.3, -0.25) is 19.5 Å². The van der Waals surface area contributed by atoms with E-state index in [-0.39, 0.29) is 23.1 Å². The summed E-state index contributed by atoms with van der Waals surface area (Å²) >= 11 is 0. The third-order valence-corrected chi connectivity index (χ3v) is 5.40. The van der Waals surface area contributed by atoms with Crippen molar-refractivity contribution >= 4 is 11.8 Å². The number of carbonyl (C=O) groups excluding carboxylic acids is 2. The van der Waals surface area contributed by atoms with Crippen molar-refractivity contribution in [1.82, 2.24) is 20.1 Å². The van der Waals surface area contributed by atoms with Crippen LogP contribution in [-0.2, 0) is 16.1 Å². The lowest BCUT2D eigenvalue weighted by molar-refractivity contribution is -0.144. The van der Waals surface area contributed by atoms with Crippen molar-refractivity contribution < 1.29 is 9.59 Å². The van der Waals surface area contributed by atoms with E-state index in [2.05, 4.69) is 36.0 Å². The number of nitrogens with one attached hydrogen (secondary N) is 1. The van der Waals surface area contributed by atoms with E-state index in [1.165, 1.54) is 5.56 Å². The Morgan fingerprint density at radius 2 is 1.84 bits per heavy atom. The first-order valence-corrected chi connectivity index (χ1v) is 9.04. The highest BCUT2D eigenvalue weighted by Crippen LogP contribution is 2.36. The molecule has 2 saturated heterocycles. The van der Waals surface area contributed by atoms with Gasteiger partial charge in [0.25, 0.3) is 0 Å². The molecule has 3 rings (SSSR count). The van der Waals surface area contributed by atoms with Crippen LogP contribution in [-0.4, -0.2) is 59.3 Å². The molecule has 2 aliphatic rings. The number of amides is 2. The topological polar surface area (TPSA) is 65.5 Å². The average Bonchev–Trinajstić information content (AvgIpc) is 2.98. The summed E-state index contributed by atoms with van der Waals surface area (Å²) in [6.07, 6.45) is 3.61. The molecule has 0 aliphatic carbocycles.